The Balaban J connectivity index is 1.32. The van der Waals surface area contributed by atoms with Gasteiger partial charge in [-0.15, -0.1) is 0 Å². The van der Waals surface area contributed by atoms with Crippen molar-refractivity contribution in [2.45, 2.75) is 129 Å². The molecule has 4 heteroatoms. The number of rotatable bonds is 19. The van der Waals surface area contributed by atoms with E-state index in [1.807, 2.05) is 0 Å². The van der Waals surface area contributed by atoms with Gasteiger partial charge < -0.3 is 9.97 Å². The molecule has 8 bridgehead atoms. The van der Waals surface area contributed by atoms with Crippen molar-refractivity contribution in [3.05, 3.63) is 70.8 Å². The van der Waals surface area contributed by atoms with Gasteiger partial charge in [-0.3, -0.25) is 0 Å². The van der Waals surface area contributed by atoms with Crippen LogP contribution < -0.4 is 0 Å². The summed E-state index contributed by atoms with van der Waals surface area (Å²) in [5.41, 5.74) is 9.71. The first kappa shape index (κ1) is 33.0. The second-order valence-corrected chi connectivity index (χ2v) is 13.4. The molecule has 3 aromatic heterocycles. The third-order valence-electron chi connectivity index (χ3n) is 9.51. The summed E-state index contributed by atoms with van der Waals surface area (Å²) in [5.74, 6) is 0.814. The first-order valence-corrected chi connectivity index (χ1v) is 18.3. The van der Waals surface area contributed by atoms with Crippen LogP contribution in [0.1, 0.15) is 151 Å². The Morgan fingerprint density at radius 3 is 1.60 bits per heavy atom. The Kier molecular flexibility index (Phi) is 13.1. The molecule has 45 heavy (non-hydrogen) atoms. The van der Waals surface area contributed by atoms with Gasteiger partial charge in [0.2, 0.25) is 0 Å². The number of H-pyrrole nitrogens is 2. The third kappa shape index (κ3) is 10.9. The average Bonchev–Trinajstić information content (AvgIpc) is 3.84. The van der Waals surface area contributed by atoms with Crippen LogP contribution in [0.25, 0.3) is 46.4 Å². The highest BCUT2D eigenvalue weighted by molar-refractivity contribution is 5.78. The van der Waals surface area contributed by atoms with Crippen LogP contribution in [0.15, 0.2) is 42.5 Å². The highest BCUT2D eigenvalue weighted by Gasteiger charge is 2.12. The normalized spacial score (nSPS) is 13.1. The molecule has 0 aliphatic carbocycles. The minimum atomic E-state index is 0.814. The van der Waals surface area contributed by atoms with Crippen LogP contribution >= 0.6 is 0 Å². The van der Waals surface area contributed by atoms with E-state index in [0.29, 0.717) is 0 Å². The largest absolute Gasteiger partial charge is 0.355 e. The van der Waals surface area contributed by atoms with Crippen LogP contribution in [0.5, 0.6) is 0 Å². The number of aromatic nitrogens is 4. The summed E-state index contributed by atoms with van der Waals surface area (Å²) < 4.78 is 0. The maximum Gasteiger partial charge on any atom is 0.0659 e. The average molecular weight is 605 g/mol. The van der Waals surface area contributed by atoms with E-state index >= 15 is 0 Å². The minimum Gasteiger partial charge on any atom is -0.355 e. The first-order valence-electron chi connectivity index (χ1n) is 18.3. The first-order chi connectivity index (χ1) is 22.2. The second-order valence-electron chi connectivity index (χ2n) is 13.4. The molecule has 2 N–H and O–H groups in total. The molecule has 0 amide bonds. The number of hydrogen-bond donors (Lipinski definition) is 2. The molecule has 0 spiro atoms. The van der Waals surface area contributed by atoms with Crippen molar-refractivity contribution in [1.29, 1.82) is 0 Å². The number of nitrogens with zero attached hydrogens (tertiary/aromatic N) is 2. The number of hydrogen-bond acceptors (Lipinski definition) is 2. The fourth-order valence-corrected chi connectivity index (χ4v) is 6.86. The van der Waals surface area contributed by atoms with E-state index in [9.17, 15) is 0 Å². The predicted molar refractivity (Wildman–Crippen MR) is 196 cm³/mol. The van der Waals surface area contributed by atoms with Gasteiger partial charge in [-0.2, -0.15) is 0 Å². The molecule has 0 fully saturated rings. The quantitative estimate of drug-likeness (QED) is 0.0921. The third-order valence-corrected chi connectivity index (χ3v) is 9.51. The Morgan fingerprint density at radius 1 is 0.489 bits per heavy atom. The number of fused-ring (bicyclic) bond motifs is 8. The van der Waals surface area contributed by atoms with Gasteiger partial charge in [-0.05, 0) is 91.1 Å². The van der Waals surface area contributed by atoms with Crippen LogP contribution in [0.3, 0.4) is 0 Å². The Labute approximate surface area is 271 Å². The zero-order valence-electron chi connectivity index (χ0n) is 28.1. The predicted octanol–water partition coefficient (Wildman–Crippen LogP) is 12.5. The van der Waals surface area contributed by atoms with Gasteiger partial charge in [-0.1, -0.05) is 117 Å². The number of aryl methyl sites for hydroxylation is 1. The molecule has 0 aromatic carbocycles. The van der Waals surface area contributed by atoms with Crippen molar-refractivity contribution in [1.82, 2.24) is 19.9 Å². The number of aromatic amines is 2. The molecule has 2 aliphatic rings. The molecule has 4 nitrogen and oxygen atoms in total. The summed E-state index contributed by atoms with van der Waals surface area (Å²) in [5, 5.41) is 0. The lowest BCUT2D eigenvalue weighted by Gasteiger charge is -2.17. The summed E-state index contributed by atoms with van der Waals surface area (Å²) in [4.78, 5) is 17.0. The van der Waals surface area contributed by atoms with Crippen molar-refractivity contribution in [2.75, 3.05) is 0 Å². The smallest absolute Gasteiger partial charge is 0.0659 e. The molecule has 240 valence electrons. The summed E-state index contributed by atoms with van der Waals surface area (Å²) in [6.07, 6.45) is 33.0. The van der Waals surface area contributed by atoms with Gasteiger partial charge in [0.15, 0.2) is 0 Å². The van der Waals surface area contributed by atoms with Crippen molar-refractivity contribution >= 4 is 46.4 Å². The fraction of sp³-hybridized carbons (Fsp3) is 0.512. The summed E-state index contributed by atoms with van der Waals surface area (Å²) in [7, 11) is 0. The van der Waals surface area contributed by atoms with Gasteiger partial charge in [0.1, 0.15) is 0 Å². The molecular formula is C41H56N4. The second kappa shape index (κ2) is 17.9. The number of nitrogens with one attached hydrogen (secondary N) is 2. The van der Waals surface area contributed by atoms with Crippen LogP contribution in [0.4, 0.5) is 0 Å². The molecule has 0 saturated carbocycles. The summed E-state index contributed by atoms with van der Waals surface area (Å²) in [6, 6.07) is 15.3. The molecule has 1 unspecified atom stereocenters. The SMILES string of the molecule is CCCCCCCCCCC(CCCCCCCC)CCc1cc2cc3ccc(cc4nc(cc5nc(cc1[nH]2)C=C5)C=C4)[nH]3. The molecule has 5 rings (SSSR count). The Bertz CT molecular complexity index is 1550. The van der Waals surface area contributed by atoms with E-state index in [-0.39, 0.29) is 0 Å². The Hall–Kier alpha value is -3.40. The Morgan fingerprint density at radius 2 is 1.00 bits per heavy atom. The number of unbranched alkanes of at least 4 members (excludes halogenated alkanes) is 12. The van der Waals surface area contributed by atoms with Gasteiger partial charge in [0.25, 0.3) is 0 Å². The van der Waals surface area contributed by atoms with Crippen molar-refractivity contribution in [3.63, 3.8) is 0 Å². The lowest BCUT2D eigenvalue weighted by Crippen LogP contribution is -2.03. The zero-order chi connectivity index (χ0) is 31.1. The van der Waals surface area contributed by atoms with Gasteiger partial charge in [-0.25, -0.2) is 9.97 Å². The topological polar surface area (TPSA) is 57.4 Å². The monoisotopic (exact) mass is 604 g/mol. The van der Waals surface area contributed by atoms with Crippen LogP contribution in [-0.4, -0.2) is 19.9 Å². The zero-order valence-corrected chi connectivity index (χ0v) is 28.1. The molecule has 3 aromatic rings. The van der Waals surface area contributed by atoms with E-state index in [2.05, 4.69) is 90.6 Å². The lowest BCUT2D eigenvalue weighted by molar-refractivity contribution is 0.380. The van der Waals surface area contributed by atoms with E-state index in [1.54, 1.807) is 0 Å². The van der Waals surface area contributed by atoms with E-state index < -0.39 is 0 Å². The fourth-order valence-electron chi connectivity index (χ4n) is 6.86. The standard InChI is InChI=1S/C41H56N4/c1-3-5-7-9-11-12-14-16-18-32(17-15-13-10-8-6-4-2)19-20-33-27-40-30-38-24-23-36(43-38)28-34-21-22-35(42-34)29-37-25-26-39(44-37)31-41(33)45-40/h21-32,43,45H,3-20H2,1-2H3. The lowest BCUT2D eigenvalue weighted by atomic mass is 9.89. The maximum atomic E-state index is 4.91. The van der Waals surface area contributed by atoms with E-state index in [0.717, 1.165) is 51.7 Å². The van der Waals surface area contributed by atoms with Crippen LogP contribution in [-0.2, 0) is 6.42 Å². The van der Waals surface area contributed by atoms with Crippen LogP contribution in [0, 0.1) is 5.92 Å². The van der Waals surface area contributed by atoms with E-state index in [4.69, 9.17) is 9.97 Å². The molecule has 0 saturated heterocycles. The minimum absolute atomic E-state index is 0.814. The van der Waals surface area contributed by atoms with E-state index in [1.165, 1.54) is 120 Å². The van der Waals surface area contributed by atoms with Gasteiger partial charge in [0, 0.05) is 22.1 Å². The summed E-state index contributed by atoms with van der Waals surface area (Å²) >= 11 is 0. The van der Waals surface area contributed by atoms with Crippen molar-refractivity contribution in [2.24, 2.45) is 5.92 Å². The highest BCUT2D eigenvalue weighted by atomic mass is 14.8. The maximum absolute atomic E-state index is 4.91. The summed E-state index contributed by atoms with van der Waals surface area (Å²) in [6.45, 7) is 4.61. The molecular weight excluding hydrogens is 548 g/mol. The van der Waals surface area contributed by atoms with Gasteiger partial charge in [0.05, 0.1) is 22.8 Å². The molecule has 2 aliphatic heterocycles. The van der Waals surface area contributed by atoms with Gasteiger partial charge >= 0.3 is 0 Å². The van der Waals surface area contributed by atoms with Crippen LogP contribution in [0.2, 0.25) is 0 Å². The van der Waals surface area contributed by atoms with Crippen molar-refractivity contribution < 1.29 is 0 Å². The van der Waals surface area contributed by atoms with Crippen molar-refractivity contribution in [3.8, 4) is 0 Å². The molecule has 1 atom stereocenters. The molecule has 5 heterocycles. The highest BCUT2D eigenvalue weighted by Crippen LogP contribution is 2.27. The molecule has 0 radical (unpaired) electrons.